The average molecular weight is 515 g/mol. The molecule has 0 atom stereocenters. The first kappa shape index (κ1) is 22.7. The third-order valence-corrected chi connectivity index (χ3v) is 4.79. The first-order chi connectivity index (χ1) is 13.2. The van der Waals surface area contributed by atoms with E-state index in [1.165, 1.54) is 6.42 Å². The Morgan fingerprint density at radius 1 is 1.21 bits per heavy atom. The summed E-state index contributed by atoms with van der Waals surface area (Å²) in [6.45, 7) is 4.23. The second-order valence-corrected chi connectivity index (χ2v) is 7.03. The van der Waals surface area contributed by atoms with Crippen LogP contribution in [0.5, 0.6) is 5.75 Å². The van der Waals surface area contributed by atoms with E-state index < -0.39 is 0 Å². The molecule has 0 unspecified atom stereocenters. The minimum absolute atomic E-state index is 0. The number of nitrogens with one attached hydrogen (secondary N) is 2. The number of ether oxygens (including phenoxy) is 1. The minimum Gasteiger partial charge on any atom is -0.490 e. The summed E-state index contributed by atoms with van der Waals surface area (Å²) < 4.78 is 6.09. The van der Waals surface area contributed by atoms with Crippen LogP contribution in [-0.4, -0.2) is 30.1 Å². The van der Waals surface area contributed by atoms with E-state index in [-0.39, 0.29) is 24.0 Å². The number of aromatic nitrogens is 1. The van der Waals surface area contributed by atoms with Crippen LogP contribution >= 0.6 is 35.6 Å². The van der Waals surface area contributed by atoms with Gasteiger partial charge in [0.25, 0.3) is 0 Å². The molecule has 0 aliphatic heterocycles. The smallest absolute Gasteiger partial charge is 0.191 e. The van der Waals surface area contributed by atoms with Crippen LogP contribution in [0.25, 0.3) is 0 Å². The SMILES string of the molecule is CCNC(=NCc1ccccc1OC1CCC1)NCCc1ccc(Cl)nc1.I. The molecule has 0 amide bonds. The number of benzene rings is 1. The van der Waals surface area contributed by atoms with Gasteiger partial charge in [0.1, 0.15) is 10.9 Å². The van der Waals surface area contributed by atoms with Crippen molar-refractivity contribution >= 4 is 41.5 Å². The summed E-state index contributed by atoms with van der Waals surface area (Å²) in [5, 5.41) is 7.18. The maximum atomic E-state index is 6.09. The number of para-hydroxylation sites is 1. The summed E-state index contributed by atoms with van der Waals surface area (Å²) in [5.41, 5.74) is 2.26. The molecule has 0 bridgehead atoms. The van der Waals surface area contributed by atoms with Crippen LogP contribution in [0.4, 0.5) is 0 Å². The summed E-state index contributed by atoms with van der Waals surface area (Å²) >= 11 is 5.83. The van der Waals surface area contributed by atoms with Crippen LogP contribution in [-0.2, 0) is 13.0 Å². The second-order valence-electron chi connectivity index (χ2n) is 6.64. The lowest BCUT2D eigenvalue weighted by molar-refractivity contribution is 0.119. The van der Waals surface area contributed by atoms with E-state index in [2.05, 4.69) is 28.6 Å². The van der Waals surface area contributed by atoms with Crippen LogP contribution < -0.4 is 15.4 Å². The van der Waals surface area contributed by atoms with Crippen molar-refractivity contribution in [3.8, 4) is 5.75 Å². The number of nitrogens with zero attached hydrogens (tertiary/aromatic N) is 2. The van der Waals surface area contributed by atoms with E-state index in [0.29, 0.717) is 17.8 Å². The fourth-order valence-corrected chi connectivity index (χ4v) is 2.91. The third-order valence-electron chi connectivity index (χ3n) is 4.56. The maximum absolute atomic E-state index is 6.09. The van der Waals surface area contributed by atoms with Crippen LogP contribution in [0.15, 0.2) is 47.6 Å². The number of rotatable bonds is 8. The Kier molecular flexibility index (Phi) is 9.84. The summed E-state index contributed by atoms with van der Waals surface area (Å²) in [6, 6.07) is 12.0. The van der Waals surface area contributed by atoms with Gasteiger partial charge in [0.2, 0.25) is 0 Å². The normalized spacial score (nSPS) is 14.0. The van der Waals surface area contributed by atoms with Gasteiger partial charge < -0.3 is 15.4 Å². The molecule has 7 heteroatoms. The zero-order chi connectivity index (χ0) is 18.9. The fraction of sp³-hybridized carbons (Fsp3) is 0.429. The highest BCUT2D eigenvalue weighted by atomic mass is 127. The van der Waals surface area contributed by atoms with Crippen molar-refractivity contribution in [2.24, 2.45) is 4.99 Å². The maximum Gasteiger partial charge on any atom is 0.191 e. The predicted molar refractivity (Wildman–Crippen MR) is 126 cm³/mol. The molecule has 152 valence electrons. The summed E-state index contributed by atoms with van der Waals surface area (Å²) in [6.07, 6.45) is 6.61. The van der Waals surface area contributed by atoms with E-state index in [1.54, 1.807) is 0 Å². The third kappa shape index (κ3) is 7.13. The van der Waals surface area contributed by atoms with Gasteiger partial charge in [-0.1, -0.05) is 35.9 Å². The standard InChI is InChI=1S/C21H27ClN4O.HI/c1-2-23-21(24-13-12-16-10-11-20(22)25-14-16)26-15-17-6-3-4-9-19(17)27-18-7-5-8-18;/h3-4,6,9-11,14,18H,2,5,7-8,12-13,15H2,1H3,(H2,23,24,26);1H. The minimum atomic E-state index is 0. The van der Waals surface area contributed by atoms with E-state index >= 15 is 0 Å². The van der Waals surface area contributed by atoms with Gasteiger partial charge in [-0.15, -0.1) is 24.0 Å². The molecule has 1 heterocycles. The van der Waals surface area contributed by atoms with Gasteiger partial charge >= 0.3 is 0 Å². The molecule has 2 aromatic rings. The lowest BCUT2D eigenvalue weighted by atomic mass is 9.96. The molecule has 5 nitrogen and oxygen atoms in total. The molecule has 0 spiro atoms. The van der Waals surface area contributed by atoms with Crippen molar-refractivity contribution in [2.45, 2.75) is 45.3 Å². The van der Waals surface area contributed by atoms with Gasteiger partial charge in [0, 0.05) is 24.8 Å². The molecule has 0 radical (unpaired) electrons. The van der Waals surface area contributed by atoms with Crippen LogP contribution in [0.3, 0.4) is 0 Å². The molecule has 1 aliphatic carbocycles. The van der Waals surface area contributed by atoms with Crippen LogP contribution in [0.1, 0.15) is 37.3 Å². The molecule has 3 rings (SSSR count). The van der Waals surface area contributed by atoms with Crippen molar-refractivity contribution < 1.29 is 4.74 Å². The zero-order valence-electron chi connectivity index (χ0n) is 16.2. The highest BCUT2D eigenvalue weighted by Gasteiger charge is 2.20. The largest absolute Gasteiger partial charge is 0.490 e. The molecule has 1 aromatic carbocycles. The van der Waals surface area contributed by atoms with Gasteiger partial charge in [-0.3, -0.25) is 0 Å². The van der Waals surface area contributed by atoms with Gasteiger partial charge in [0.15, 0.2) is 5.96 Å². The molecule has 2 N–H and O–H groups in total. The Hall–Kier alpha value is -1.54. The first-order valence-electron chi connectivity index (χ1n) is 9.61. The number of guanidine groups is 1. The Balaban J connectivity index is 0.00000280. The van der Waals surface area contributed by atoms with Crippen molar-refractivity contribution in [3.63, 3.8) is 0 Å². The van der Waals surface area contributed by atoms with Gasteiger partial charge in [-0.05, 0) is 50.3 Å². The lowest BCUT2D eigenvalue weighted by Crippen LogP contribution is -2.38. The quantitative estimate of drug-likeness (QED) is 0.234. The Bertz CT molecular complexity index is 750. The van der Waals surface area contributed by atoms with Gasteiger partial charge in [0.05, 0.1) is 12.6 Å². The van der Waals surface area contributed by atoms with Gasteiger partial charge in [-0.25, -0.2) is 9.98 Å². The van der Waals surface area contributed by atoms with Crippen molar-refractivity contribution in [2.75, 3.05) is 13.1 Å². The number of hydrogen-bond acceptors (Lipinski definition) is 3. The second kappa shape index (κ2) is 12.1. The lowest BCUT2D eigenvalue weighted by Gasteiger charge is -2.27. The Morgan fingerprint density at radius 3 is 2.71 bits per heavy atom. The van der Waals surface area contributed by atoms with Gasteiger partial charge in [-0.2, -0.15) is 0 Å². The van der Waals surface area contributed by atoms with E-state index in [4.69, 9.17) is 21.3 Å². The summed E-state index contributed by atoms with van der Waals surface area (Å²) in [5.74, 6) is 1.76. The van der Waals surface area contributed by atoms with E-state index in [0.717, 1.165) is 55.2 Å². The molecule has 1 aromatic heterocycles. The zero-order valence-corrected chi connectivity index (χ0v) is 19.2. The number of aliphatic imine (C=N–C) groups is 1. The van der Waals surface area contributed by atoms with Crippen molar-refractivity contribution in [3.05, 3.63) is 58.9 Å². The monoisotopic (exact) mass is 514 g/mol. The highest BCUT2D eigenvalue weighted by Crippen LogP contribution is 2.27. The molecule has 1 fully saturated rings. The highest BCUT2D eigenvalue weighted by molar-refractivity contribution is 14.0. The number of pyridine rings is 1. The fourth-order valence-electron chi connectivity index (χ4n) is 2.80. The number of halogens is 2. The summed E-state index contributed by atoms with van der Waals surface area (Å²) in [7, 11) is 0. The molecular weight excluding hydrogens is 487 g/mol. The molecule has 1 aliphatic rings. The summed E-state index contributed by atoms with van der Waals surface area (Å²) in [4.78, 5) is 8.83. The van der Waals surface area contributed by atoms with Crippen LogP contribution in [0, 0.1) is 0 Å². The molecular formula is C21H28ClIN4O. The average Bonchev–Trinajstić information content (AvgIpc) is 2.65. The van der Waals surface area contributed by atoms with E-state index in [9.17, 15) is 0 Å². The van der Waals surface area contributed by atoms with E-state index in [1.807, 2.05) is 36.5 Å². The Morgan fingerprint density at radius 2 is 2.04 bits per heavy atom. The van der Waals surface area contributed by atoms with Crippen LogP contribution in [0.2, 0.25) is 5.15 Å². The molecule has 1 saturated carbocycles. The first-order valence-corrected chi connectivity index (χ1v) is 9.99. The van der Waals surface area contributed by atoms with Crippen molar-refractivity contribution in [1.82, 2.24) is 15.6 Å². The molecule has 0 saturated heterocycles. The Labute approximate surface area is 189 Å². The topological polar surface area (TPSA) is 58.5 Å². The molecule has 28 heavy (non-hydrogen) atoms. The van der Waals surface area contributed by atoms with Crippen molar-refractivity contribution in [1.29, 1.82) is 0 Å². The predicted octanol–water partition coefficient (Wildman–Crippen LogP) is 4.58. The number of hydrogen-bond donors (Lipinski definition) is 2.